The number of hydrazine groups is 1. The molecule has 0 unspecified atom stereocenters. The highest BCUT2D eigenvalue weighted by Gasteiger charge is 2.40. The van der Waals surface area contributed by atoms with Gasteiger partial charge in [-0.1, -0.05) is 6.07 Å². The van der Waals surface area contributed by atoms with Crippen LogP contribution in [0.3, 0.4) is 0 Å². The van der Waals surface area contributed by atoms with Crippen molar-refractivity contribution in [2.75, 3.05) is 33.3 Å². The van der Waals surface area contributed by atoms with E-state index < -0.39 is 17.9 Å². The number of hydrogen-bond donors (Lipinski definition) is 2. The van der Waals surface area contributed by atoms with Gasteiger partial charge in [0.2, 0.25) is 11.7 Å². The van der Waals surface area contributed by atoms with Crippen LogP contribution in [0.2, 0.25) is 0 Å². The minimum Gasteiger partial charge on any atom is -0.497 e. The van der Waals surface area contributed by atoms with Gasteiger partial charge >= 0.3 is 0 Å². The van der Waals surface area contributed by atoms with E-state index in [-0.39, 0.29) is 17.9 Å². The third kappa shape index (κ3) is 4.30. The van der Waals surface area contributed by atoms with E-state index in [0.717, 1.165) is 10.5 Å². The van der Waals surface area contributed by atoms with Crippen molar-refractivity contribution in [1.82, 2.24) is 10.9 Å². The molecule has 2 aromatic rings. The number of rotatable bonds is 8. The molecule has 1 atom stereocenters. The van der Waals surface area contributed by atoms with E-state index in [1.54, 1.807) is 25.1 Å². The highest BCUT2D eigenvalue weighted by molar-refractivity contribution is 6.22. The fourth-order valence-corrected chi connectivity index (χ4v) is 3.39. The maximum atomic E-state index is 12.9. The zero-order valence-corrected chi connectivity index (χ0v) is 18.5. The predicted molar refractivity (Wildman–Crippen MR) is 115 cm³/mol. The molecule has 1 aliphatic rings. The monoisotopic (exact) mass is 443 g/mol. The smallest absolute Gasteiger partial charge is 0.265 e. The average molecular weight is 443 g/mol. The van der Waals surface area contributed by atoms with E-state index in [9.17, 15) is 14.4 Å². The minimum atomic E-state index is -0.918. The molecule has 1 fully saturated rings. The number of aryl methyl sites for hydroxylation is 1. The van der Waals surface area contributed by atoms with Gasteiger partial charge in [-0.3, -0.25) is 19.8 Å². The van der Waals surface area contributed by atoms with Gasteiger partial charge in [-0.05, 0) is 30.7 Å². The van der Waals surface area contributed by atoms with Gasteiger partial charge in [-0.2, -0.15) is 0 Å². The highest BCUT2D eigenvalue weighted by Crippen LogP contribution is 2.38. The number of carbonyl (C=O) groups is 3. The number of hydrogen-bond acceptors (Lipinski definition) is 8. The van der Waals surface area contributed by atoms with Gasteiger partial charge in [0.15, 0.2) is 11.5 Å². The summed E-state index contributed by atoms with van der Waals surface area (Å²) in [5.74, 6) is 0.0919. The first-order valence-electron chi connectivity index (χ1n) is 9.71. The van der Waals surface area contributed by atoms with Gasteiger partial charge in [0.05, 0.1) is 40.5 Å². The molecular formula is C22H25N3O7. The normalized spacial score (nSPS) is 15.5. The summed E-state index contributed by atoms with van der Waals surface area (Å²) in [6.45, 7) is 1.79. The Kier molecular flexibility index (Phi) is 6.84. The summed E-state index contributed by atoms with van der Waals surface area (Å²) in [4.78, 5) is 39.2. The first-order chi connectivity index (χ1) is 15.3. The topological polar surface area (TPSA) is 115 Å². The van der Waals surface area contributed by atoms with Gasteiger partial charge in [0.1, 0.15) is 11.8 Å². The van der Waals surface area contributed by atoms with Crippen LogP contribution < -0.4 is 34.7 Å². The number of benzene rings is 2. The van der Waals surface area contributed by atoms with Crippen LogP contribution in [0.1, 0.15) is 22.3 Å². The lowest BCUT2D eigenvalue weighted by atomic mass is 10.1. The van der Waals surface area contributed by atoms with Crippen molar-refractivity contribution in [1.29, 1.82) is 0 Å². The summed E-state index contributed by atoms with van der Waals surface area (Å²) >= 11 is 0. The van der Waals surface area contributed by atoms with Gasteiger partial charge in [0, 0.05) is 11.6 Å². The zero-order chi connectivity index (χ0) is 23.4. The van der Waals surface area contributed by atoms with E-state index in [2.05, 4.69) is 10.9 Å². The average Bonchev–Trinajstić information content (AvgIpc) is 3.09. The standard InChI is InChI=1S/C22H25N3O7/c1-12-6-7-14(29-2)10-16(12)25-19(26)11-15(22(25)28)23-24-21(27)13-8-17(30-3)20(32-5)18(9-13)31-4/h6-10,15,23H,11H2,1-5H3,(H,24,27)/t15-/m0/s1. The van der Waals surface area contributed by atoms with Crippen molar-refractivity contribution in [3.8, 4) is 23.0 Å². The Balaban J connectivity index is 1.75. The summed E-state index contributed by atoms with van der Waals surface area (Å²) in [5.41, 5.74) is 6.53. The molecule has 10 nitrogen and oxygen atoms in total. The molecule has 10 heteroatoms. The highest BCUT2D eigenvalue weighted by atomic mass is 16.5. The quantitative estimate of drug-likeness (QED) is 0.467. The van der Waals surface area contributed by atoms with Gasteiger partial charge < -0.3 is 18.9 Å². The van der Waals surface area contributed by atoms with Gasteiger partial charge in [-0.15, -0.1) is 0 Å². The number of nitrogens with one attached hydrogen (secondary N) is 2. The van der Waals surface area contributed by atoms with Crippen molar-refractivity contribution in [2.45, 2.75) is 19.4 Å². The summed E-state index contributed by atoms with van der Waals surface area (Å²) in [6, 6.07) is 7.18. The number of carbonyl (C=O) groups excluding carboxylic acids is 3. The summed E-state index contributed by atoms with van der Waals surface area (Å²) in [7, 11) is 5.84. The Labute approximate surface area is 185 Å². The maximum Gasteiger partial charge on any atom is 0.265 e. The van der Waals surface area contributed by atoms with Crippen molar-refractivity contribution < 1.29 is 33.3 Å². The molecule has 0 spiro atoms. The second kappa shape index (κ2) is 9.56. The molecule has 0 saturated carbocycles. The van der Waals surface area contributed by atoms with Crippen LogP contribution >= 0.6 is 0 Å². The second-order valence-electron chi connectivity index (χ2n) is 6.99. The van der Waals surface area contributed by atoms with Crippen molar-refractivity contribution in [3.05, 3.63) is 41.5 Å². The minimum absolute atomic E-state index is 0.106. The number of methoxy groups -OCH3 is 4. The van der Waals surface area contributed by atoms with E-state index in [0.29, 0.717) is 28.7 Å². The lowest BCUT2D eigenvalue weighted by Gasteiger charge is -2.19. The van der Waals surface area contributed by atoms with Crippen LogP contribution in [-0.4, -0.2) is 52.2 Å². The van der Waals surface area contributed by atoms with Crippen LogP contribution in [0.25, 0.3) is 0 Å². The number of amides is 3. The lowest BCUT2D eigenvalue weighted by molar-refractivity contribution is -0.121. The molecule has 0 aromatic heterocycles. The second-order valence-corrected chi connectivity index (χ2v) is 6.99. The first-order valence-corrected chi connectivity index (χ1v) is 9.71. The Morgan fingerprint density at radius 1 is 0.969 bits per heavy atom. The van der Waals surface area contributed by atoms with Gasteiger partial charge in [0.25, 0.3) is 11.8 Å². The Morgan fingerprint density at radius 3 is 2.19 bits per heavy atom. The predicted octanol–water partition coefficient (Wildman–Crippen LogP) is 1.60. The van der Waals surface area contributed by atoms with Crippen molar-refractivity contribution in [3.63, 3.8) is 0 Å². The number of anilines is 1. The lowest BCUT2D eigenvalue weighted by Crippen LogP contribution is -2.48. The molecule has 170 valence electrons. The molecule has 3 amide bonds. The van der Waals surface area contributed by atoms with E-state index >= 15 is 0 Å². The SMILES string of the molecule is COc1ccc(C)c(N2C(=O)C[C@H](NNC(=O)c3cc(OC)c(OC)c(OC)c3)C2=O)c1. The number of imide groups is 1. The van der Waals surface area contributed by atoms with Crippen LogP contribution in [0.15, 0.2) is 30.3 Å². The molecule has 3 rings (SSSR count). The molecule has 1 heterocycles. The van der Waals surface area contributed by atoms with Crippen LogP contribution in [0.5, 0.6) is 23.0 Å². The Bertz CT molecular complexity index is 1030. The fraction of sp³-hybridized carbons (Fsp3) is 0.318. The van der Waals surface area contributed by atoms with Crippen molar-refractivity contribution >= 4 is 23.4 Å². The summed E-state index contributed by atoms with van der Waals surface area (Å²) in [6.07, 6.45) is -0.106. The largest absolute Gasteiger partial charge is 0.497 e. The molecule has 0 radical (unpaired) electrons. The number of nitrogens with zero attached hydrogens (tertiary/aromatic N) is 1. The zero-order valence-electron chi connectivity index (χ0n) is 18.5. The molecule has 2 N–H and O–H groups in total. The Hall–Kier alpha value is -3.79. The molecule has 0 bridgehead atoms. The van der Waals surface area contributed by atoms with E-state index in [4.69, 9.17) is 18.9 Å². The molecular weight excluding hydrogens is 418 g/mol. The summed E-state index contributed by atoms with van der Waals surface area (Å²) in [5, 5.41) is 0. The first kappa shape index (κ1) is 22.9. The Morgan fingerprint density at radius 2 is 1.62 bits per heavy atom. The van der Waals surface area contributed by atoms with E-state index in [1.807, 2.05) is 0 Å². The maximum absolute atomic E-state index is 12.9. The van der Waals surface area contributed by atoms with Gasteiger partial charge in [-0.25, -0.2) is 10.3 Å². The summed E-state index contributed by atoms with van der Waals surface area (Å²) < 4.78 is 20.9. The molecule has 2 aromatic carbocycles. The molecule has 1 saturated heterocycles. The number of ether oxygens (including phenoxy) is 4. The molecule has 0 aliphatic carbocycles. The third-order valence-corrected chi connectivity index (χ3v) is 5.09. The van der Waals surface area contributed by atoms with Crippen LogP contribution in [0, 0.1) is 6.92 Å². The van der Waals surface area contributed by atoms with Crippen LogP contribution in [-0.2, 0) is 9.59 Å². The van der Waals surface area contributed by atoms with E-state index in [1.165, 1.54) is 40.6 Å². The van der Waals surface area contributed by atoms with Crippen LogP contribution in [0.4, 0.5) is 5.69 Å². The third-order valence-electron chi connectivity index (χ3n) is 5.09. The molecule has 1 aliphatic heterocycles. The fourth-order valence-electron chi connectivity index (χ4n) is 3.39. The molecule has 32 heavy (non-hydrogen) atoms. The van der Waals surface area contributed by atoms with Crippen molar-refractivity contribution in [2.24, 2.45) is 0 Å².